The van der Waals surface area contributed by atoms with Crippen molar-refractivity contribution in [3.05, 3.63) is 29.1 Å². The zero-order valence-electron chi connectivity index (χ0n) is 9.55. The minimum Gasteiger partial charge on any atom is -0.340 e. The Hall–Kier alpha value is -2.60. The van der Waals surface area contributed by atoms with E-state index in [1.54, 1.807) is 6.07 Å². The van der Waals surface area contributed by atoms with E-state index >= 15 is 0 Å². The Labute approximate surface area is 114 Å². The van der Waals surface area contributed by atoms with Gasteiger partial charge < -0.3 is 4.98 Å². The number of halogens is 3. The number of aromatic amines is 1. The van der Waals surface area contributed by atoms with Gasteiger partial charge in [-0.3, -0.25) is 0 Å². The van der Waals surface area contributed by atoms with Gasteiger partial charge in [0.1, 0.15) is 29.2 Å². The van der Waals surface area contributed by atoms with Crippen molar-refractivity contribution in [3.63, 3.8) is 0 Å². The number of H-pyrrole nitrogens is 1. The number of nitriles is 1. The highest BCUT2D eigenvalue weighted by molar-refractivity contribution is 6.31. The number of fused-ring (bicyclic) bond motifs is 1. The first-order valence-corrected chi connectivity index (χ1v) is 5.62. The van der Waals surface area contributed by atoms with Crippen molar-refractivity contribution in [2.75, 3.05) is 0 Å². The van der Waals surface area contributed by atoms with Crippen LogP contribution in [0.25, 0.3) is 17.0 Å². The molecule has 0 bridgehead atoms. The summed E-state index contributed by atoms with van der Waals surface area (Å²) in [4.78, 5) is 14.5. The number of hydrogen-bond acceptors (Lipinski definition) is 5. The molecule has 100 valence electrons. The van der Waals surface area contributed by atoms with Crippen LogP contribution in [0.5, 0.6) is 0 Å². The van der Waals surface area contributed by atoms with Crippen molar-refractivity contribution in [2.24, 2.45) is 0 Å². The van der Waals surface area contributed by atoms with Crippen LogP contribution in [-0.4, -0.2) is 29.7 Å². The van der Waals surface area contributed by atoms with Gasteiger partial charge in [0.2, 0.25) is 0 Å². The minimum absolute atomic E-state index is 0.140. The summed E-state index contributed by atoms with van der Waals surface area (Å²) < 4.78 is 26.6. The maximum atomic E-state index is 12.8. The number of aromatic nitrogens is 6. The fourth-order valence-corrected chi connectivity index (χ4v) is 1.98. The first-order valence-electron chi connectivity index (χ1n) is 5.24. The third kappa shape index (κ3) is 1.70. The molecular weight excluding hydrogens is 292 g/mol. The standard InChI is InChI=1S/C10H4ClF2N7/c11-7-4(1-14)5(8(12)13)19-20(7)10-6-9(16-2-15-6)17-3-18-10/h2-3,8H,(H,15,16,17,18). The molecular formula is C10H4ClF2N7. The van der Waals surface area contributed by atoms with Crippen LogP contribution in [0.1, 0.15) is 17.7 Å². The van der Waals surface area contributed by atoms with Crippen molar-refractivity contribution in [2.45, 2.75) is 6.43 Å². The molecule has 3 heterocycles. The van der Waals surface area contributed by atoms with E-state index in [1.807, 2.05) is 0 Å². The van der Waals surface area contributed by atoms with Crippen molar-refractivity contribution >= 4 is 22.8 Å². The third-order valence-corrected chi connectivity index (χ3v) is 2.93. The molecule has 0 atom stereocenters. The lowest BCUT2D eigenvalue weighted by molar-refractivity contribution is 0.145. The number of nitrogens with zero attached hydrogens (tertiary/aromatic N) is 6. The molecule has 0 aliphatic heterocycles. The summed E-state index contributed by atoms with van der Waals surface area (Å²) in [5.41, 5.74) is -0.363. The Morgan fingerprint density at radius 3 is 2.80 bits per heavy atom. The average molecular weight is 296 g/mol. The Bertz CT molecular complexity index is 832. The number of hydrogen-bond donors (Lipinski definition) is 1. The van der Waals surface area contributed by atoms with E-state index in [0.717, 1.165) is 4.68 Å². The monoisotopic (exact) mass is 295 g/mol. The van der Waals surface area contributed by atoms with E-state index in [0.29, 0.717) is 11.2 Å². The Morgan fingerprint density at radius 1 is 1.35 bits per heavy atom. The summed E-state index contributed by atoms with van der Waals surface area (Å²) in [6.45, 7) is 0. The summed E-state index contributed by atoms with van der Waals surface area (Å²) in [5.74, 6) is 0.140. The SMILES string of the molecule is N#Cc1c(C(F)F)nn(-c2ncnc3nc[nH]c23)c1Cl. The zero-order chi connectivity index (χ0) is 14.3. The number of imidazole rings is 1. The molecule has 7 nitrogen and oxygen atoms in total. The van der Waals surface area contributed by atoms with Gasteiger partial charge >= 0.3 is 0 Å². The van der Waals surface area contributed by atoms with Gasteiger partial charge in [-0.15, -0.1) is 0 Å². The molecule has 3 aromatic rings. The van der Waals surface area contributed by atoms with Crippen molar-refractivity contribution in [1.82, 2.24) is 29.7 Å². The normalized spacial score (nSPS) is 11.2. The zero-order valence-corrected chi connectivity index (χ0v) is 10.3. The molecule has 0 aliphatic carbocycles. The molecule has 1 N–H and O–H groups in total. The van der Waals surface area contributed by atoms with Crippen LogP contribution >= 0.6 is 11.6 Å². The van der Waals surface area contributed by atoms with Gasteiger partial charge in [0.15, 0.2) is 16.6 Å². The van der Waals surface area contributed by atoms with Crippen molar-refractivity contribution in [3.8, 4) is 11.9 Å². The minimum atomic E-state index is -2.91. The Morgan fingerprint density at radius 2 is 2.15 bits per heavy atom. The van der Waals surface area contributed by atoms with Gasteiger partial charge in [-0.2, -0.15) is 15.0 Å². The van der Waals surface area contributed by atoms with E-state index < -0.39 is 12.1 Å². The smallest absolute Gasteiger partial charge is 0.283 e. The second kappa shape index (κ2) is 4.50. The van der Waals surface area contributed by atoms with Crippen LogP contribution in [0.15, 0.2) is 12.7 Å². The third-order valence-electron chi connectivity index (χ3n) is 2.58. The molecule has 20 heavy (non-hydrogen) atoms. The number of alkyl halides is 2. The lowest BCUT2D eigenvalue weighted by Gasteiger charge is -2.01. The lowest BCUT2D eigenvalue weighted by Crippen LogP contribution is -2.02. The van der Waals surface area contributed by atoms with E-state index in [4.69, 9.17) is 16.9 Å². The first-order chi connectivity index (χ1) is 9.63. The van der Waals surface area contributed by atoms with E-state index in [-0.39, 0.29) is 16.5 Å². The second-order valence-electron chi connectivity index (χ2n) is 3.67. The molecule has 0 fully saturated rings. The molecule has 0 radical (unpaired) electrons. The summed E-state index contributed by atoms with van der Waals surface area (Å²) >= 11 is 5.93. The molecule has 0 unspecified atom stereocenters. The van der Waals surface area contributed by atoms with Crippen LogP contribution < -0.4 is 0 Å². The predicted molar refractivity (Wildman–Crippen MR) is 63.5 cm³/mol. The van der Waals surface area contributed by atoms with Crippen molar-refractivity contribution in [1.29, 1.82) is 5.26 Å². The van der Waals surface area contributed by atoms with Gasteiger partial charge in [-0.25, -0.2) is 23.7 Å². The highest BCUT2D eigenvalue weighted by Gasteiger charge is 2.25. The fraction of sp³-hybridized carbons (Fsp3) is 0.100. The summed E-state index contributed by atoms with van der Waals surface area (Å²) in [5, 5.41) is 12.3. The van der Waals surface area contributed by atoms with Gasteiger partial charge in [-0.1, -0.05) is 11.6 Å². The summed E-state index contributed by atoms with van der Waals surface area (Å²) in [6, 6.07) is 1.61. The molecule has 0 saturated heterocycles. The van der Waals surface area contributed by atoms with Crippen LogP contribution in [0.2, 0.25) is 5.15 Å². The van der Waals surface area contributed by atoms with Crippen LogP contribution in [-0.2, 0) is 0 Å². The topological polar surface area (TPSA) is 96.1 Å². The molecule has 10 heteroatoms. The summed E-state index contributed by atoms with van der Waals surface area (Å²) in [7, 11) is 0. The maximum Gasteiger partial charge on any atom is 0.283 e. The average Bonchev–Trinajstić information content (AvgIpc) is 3.02. The van der Waals surface area contributed by atoms with Gasteiger partial charge in [-0.05, 0) is 0 Å². The van der Waals surface area contributed by atoms with E-state index in [9.17, 15) is 8.78 Å². The molecule has 3 aromatic heterocycles. The first kappa shape index (κ1) is 12.4. The second-order valence-corrected chi connectivity index (χ2v) is 4.03. The summed E-state index contributed by atoms with van der Waals surface area (Å²) in [6.07, 6.45) is -0.341. The Kier molecular flexibility index (Phi) is 2.80. The van der Waals surface area contributed by atoms with E-state index in [1.165, 1.54) is 12.7 Å². The largest absolute Gasteiger partial charge is 0.340 e. The Balaban J connectivity index is 2.30. The quantitative estimate of drug-likeness (QED) is 0.780. The van der Waals surface area contributed by atoms with Crippen LogP contribution in [0.3, 0.4) is 0 Å². The van der Waals surface area contributed by atoms with E-state index in [2.05, 4.69) is 25.0 Å². The fourth-order valence-electron chi connectivity index (χ4n) is 1.72. The van der Waals surface area contributed by atoms with Crippen LogP contribution in [0.4, 0.5) is 8.78 Å². The van der Waals surface area contributed by atoms with Gasteiger partial charge in [0, 0.05) is 0 Å². The molecule has 0 aliphatic rings. The van der Waals surface area contributed by atoms with Crippen LogP contribution in [0, 0.1) is 11.3 Å². The molecule has 0 saturated carbocycles. The maximum absolute atomic E-state index is 12.8. The number of rotatable bonds is 2. The highest BCUT2D eigenvalue weighted by atomic mass is 35.5. The molecule has 0 aromatic carbocycles. The van der Waals surface area contributed by atoms with Crippen molar-refractivity contribution < 1.29 is 8.78 Å². The predicted octanol–water partition coefficient (Wildman–Crippen LogP) is 2.00. The molecule has 3 rings (SSSR count). The molecule has 0 spiro atoms. The molecule has 0 amide bonds. The number of nitrogens with one attached hydrogen (secondary N) is 1. The highest BCUT2D eigenvalue weighted by Crippen LogP contribution is 2.29. The lowest BCUT2D eigenvalue weighted by atomic mass is 10.3. The van der Waals surface area contributed by atoms with Gasteiger partial charge in [0.25, 0.3) is 6.43 Å². The van der Waals surface area contributed by atoms with Gasteiger partial charge in [0.05, 0.1) is 6.33 Å².